The minimum Gasteiger partial charge on any atom is -0.497 e. The summed E-state index contributed by atoms with van der Waals surface area (Å²) in [6.07, 6.45) is 4.62. The van der Waals surface area contributed by atoms with Gasteiger partial charge in [-0.25, -0.2) is 4.79 Å². The lowest BCUT2D eigenvalue weighted by Gasteiger charge is -2.21. The van der Waals surface area contributed by atoms with Crippen LogP contribution in [-0.4, -0.2) is 26.2 Å². The van der Waals surface area contributed by atoms with E-state index in [9.17, 15) is 4.79 Å². The molecular weight excluding hydrogens is 228 g/mol. The van der Waals surface area contributed by atoms with Gasteiger partial charge in [-0.05, 0) is 25.0 Å². The number of hydrogen-bond acceptors (Lipinski definition) is 2. The highest BCUT2D eigenvalue weighted by atomic mass is 16.5. The number of carbonyl (C=O) groups is 1. The number of amides is 2. The van der Waals surface area contributed by atoms with Crippen molar-refractivity contribution in [1.82, 2.24) is 5.32 Å². The SMILES string of the molecule is COc1cccc(N(C)C(=O)NC2CCCC2)c1. The summed E-state index contributed by atoms with van der Waals surface area (Å²) in [5.74, 6) is 0.757. The van der Waals surface area contributed by atoms with E-state index >= 15 is 0 Å². The highest BCUT2D eigenvalue weighted by Gasteiger charge is 2.19. The van der Waals surface area contributed by atoms with Gasteiger partial charge in [-0.3, -0.25) is 4.90 Å². The highest BCUT2D eigenvalue weighted by Crippen LogP contribution is 2.21. The van der Waals surface area contributed by atoms with E-state index in [2.05, 4.69) is 5.32 Å². The predicted octanol–water partition coefficient (Wildman–Crippen LogP) is 2.78. The number of urea groups is 1. The Bertz CT molecular complexity index is 414. The van der Waals surface area contributed by atoms with Crippen LogP contribution in [0, 0.1) is 0 Å². The van der Waals surface area contributed by atoms with Crippen LogP contribution < -0.4 is 15.0 Å². The molecule has 1 aromatic rings. The number of nitrogens with one attached hydrogen (secondary N) is 1. The lowest BCUT2D eigenvalue weighted by molar-refractivity contribution is 0.244. The van der Waals surface area contributed by atoms with Crippen molar-refractivity contribution in [2.45, 2.75) is 31.7 Å². The van der Waals surface area contributed by atoms with Crippen molar-refractivity contribution in [3.8, 4) is 5.75 Å². The Morgan fingerprint density at radius 2 is 2.11 bits per heavy atom. The summed E-state index contributed by atoms with van der Waals surface area (Å²) in [6, 6.07) is 7.80. The lowest BCUT2D eigenvalue weighted by atomic mass is 10.2. The minimum absolute atomic E-state index is 0.0462. The van der Waals surface area contributed by atoms with Crippen molar-refractivity contribution in [2.24, 2.45) is 0 Å². The Morgan fingerprint density at radius 1 is 1.39 bits per heavy atom. The van der Waals surface area contributed by atoms with Crippen LogP contribution in [0.4, 0.5) is 10.5 Å². The quantitative estimate of drug-likeness (QED) is 0.893. The van der Waals surface area contributed by atoms with Crippen LogP contribution in [0.5, 0.6) is 5.75 Å². The summed E-state index contributed by atoms with van der Waals surface area (Å²) in [4.78, 5) is 13.7. The normalized spacial score (nSPS) is 15.4. The van der Waals surface area contributed by atoms with Crippen molar-refractivity contribution in [1.29, 1.82) is 0 Å². The molecule has 0 unspecified atom stereocenters. The van der Waals surface area contributed by atoms with Crippen LogP contribution in [0.1, 0.15) is 25.7 Å². The number of benzene rings is 1. The third-order valence-corrected chi connectivity index (χ3v) is 3.43. The van der Waals surface area contributed by atoms with E-state index in [4.69, 9.17) is 4.74 Å². The first-order chi connectivity index (χ1) is 8.70. The Morgan fingerprint density at radius 3 is 2.78 bits per heavy atom. The lowest BCUT2D eigenvalue weighted by Crippen LogP contribution is -2.42. The first-order valence-electron chi connectivity index (χ1n) is 6.39. The molecular formula is C14H20N2O2. The van der Waals surface area contributed by atoms with Crippen LogP contribution in [-0.2, 0) is 0 Å². The molecule has 0 aliphatic heterocycles. The maximum atomic E-state index is 12.1. The minimum atomic E-state index is -0.0462. The fourth-order valence-electron chi connectivity index (χ4n) is 2.28. The molecule has 1 aromatic carbocycles. The van der Waals surface area contributed by atoms with Crippen LogP contribution in [0.2, 0.25) is 0 Å². The fourth-order valence-corrected chi connectivity index (χ4v) is 2.28. The molecule has 18 heavy (non-hydrogen) atoms. The van der Waals surface area contributed by atoms with E-state index in [1.165, 1.54) is 12.8 Å². The van der Waals surface area contributed by atoms with Crippen molar-refractivity contribution in [3.63, 3.8) is 0 Å². The number of methoxy groups -OCH3 is 1. The molecule has 0 aromatic heterocycles. The number of ether oxygens (including phenoxy) is 1. The van der Waals surface area contributed by atoms with E-state index in [0.29, 0.717) is 6.04 Å². The van der Waals surface area contributed by atoms with E-state index in [1.54, 1.807) is 19.1 Å². The number of nitrogens with zero attached hydrogens (tertiary/aromatic N) is 1. The van der Waals surface area contributed by atoms with Crippen LogP contribution >= 0.6 is 0 Å². The largest absolute Gasteiger partial charge is 0.497 e. The van der Waals surface area contributed by atoms with E-state index in [1.807, 2.05) is 24.3 Å². The molecule has 4 heteroatoms. The predicted molar refractivity (Wildman–Crippen MR) is 72.2 cm³/mol. The van der Waals surface area contributed by atoms with Crippen molar-refractivity contribution in [3.05, 3.63) is 24.3 Å². The van der Waals surface area contributed by atoms with Crippen LogP contribution in [0.25, 0.3) is 0 Å². The second-order valence-electron chi connectivity index (χ2n) is 4.69. The maximum absolute atomic E-state index is 12.1. The molecule has 0 radical (unpaired) electrons. The maximum Gasteiger partial charge on any atom is 0.321 e. The zero-order chi connectivity index (χ0) is 13.0. The fraction of sp³-hybridized carbons (Fsp3) is 0.500. The van der Waals surface area contributed by atoms with Gasteiger partial charge < -0.3 is 10.1 Å². The zero-order valence-electron chi connectivity index (χ0n) is 11.0. The van der Waals surface area contributed by atoms with Crippen LogP contribution in [0.15, 0.2) is 24.3 Å². The van der Waals surface area contributed by atoms with Gasteiger partial charge >= 0.3 is 6.03 Å². The first-order valence-corrected chi connectivity index (χ1v) is 6.39. The molecule has 1 N–H and O–H groups in total. The van der Waals surface area contributed by atoms with Gasteiger partial charge in [0.15, 0.2) is 0 Å². The molecule has 1 saturated carbocycles. The average Bonchev–Trinajstić information content (AvgIpc) is 2.90. The molecule has 4 nitrogen and oxygen atoms in total. The third kappa shape index (κ3) is 2.94. The standard InChI is InChI=1S/C14H20N2O2/c1-16(12-8-5-9-13(10-12)18-2)14(17)15-11-6-3-4-7-11/h5,8-11H,3-4,6-7H2,1-2H3,(H,15,17). The molecule has 1 aliphatic rings. The number of rotatable bonds is 3. The molecule has 0 saturated heterocycles. The van der Waals surface area contributed by atoms with Gasteiger partial charge in [0.05, 0.1) is 7.11 Å². The molecule has 0 spiro atoms. The van der Waals surface area contributed by atoms with Crippen molar-refractivity contribution < 1.29 is 9.53 Å². The Hall–Kier alpha value is -1.71. The number of anilines is 1. The molecule has 1 aliphatic carbocycles. The molecule has 2 amide bonds. The average molecular weight is 248 g/mol. The summed E-state index contributed by atoms with van der Waals surface area (Å²) >= 11 is 0. The monoisotopic (exact) mass is 248 g/mol. The number of hydrogen-bond donors (Lipinski definition) is 1. The third-order valence-electron chi connectivity index (χ3n) is 3.43. The second kappa shape index (κ2) is 5.76. The van der Waals surface area contributed by atoms with Gasteiger partial charge in [0.2, 0.25) is 0 Å². The highest BCUT2D eigenvalue weighted by molar-refractivity contribution is 5.91. The second-order valence-corrected chi connectivity index (χ2v) is 4.69. The van der Waals surface area contributed by atoms with E-state index < -0.39 is 0 Å². The van der Waals surface area contributed by atoms with E-state index in [-0.39, 0.29) is 6.03 Å². The number of carbonyl (C=O) groups excluding carboxylic acids is 1. The molecule has 0 bridgehead atoms. The van der Waals surface area contributed by atoms with Crippen molar-refractivity contribution >= 4 is 11.7 Å². The molecule has 0 heterocycles. The molecule has 1 fully saturated rings. The Kier molecular flexibility index (Phi) is 4.07. The van der Waals surface area contributed by atoms with Gasteiger partial charge in [0, 0.05) is 24.8 Å². The Balaban J connectivity index is 2.00. The van der Waals surface area contributed by atoms with Gasteiger partial charge in [0.25, 0.3) is 0 Å². The summed E-state index contributed by atoms with van der Waals surface area (Å²) in [6.45, 7) is 0. The van der Waals surface area contributed by atoms with Gasteiger partial charge in [0.1, 0.15) is 5.75 Å². The van der Waals surface area contributed by atoms with Crippen molar-refractivity contribution in [2.75, 3.05) is 19.1 Å². The van der Waals surface area contributed by atoms with Gasteiger partial charge in [-0.2, -0.15) is 0 Å². The topological polar surface area (TPSA) is 41.6 Å². The van der Waals surface area contributed by atoms with E-state index in [0.717, 1.165) is 24.3 Å². The molecule has 0 atom stereocenters. The summed E-state index contributed by atoms with van der Waals surface area (Å²) < 4.78 is 5.16. The van der Waals surface area contributed by atoms with Crippen LogP contribution in [0.3, 0.4) is 0 Å². The zero-order valence-corrected chi connectivity index (χ0v) is 11.0. The summed E-state index contributed by atoms with van der Waals surface area (Å²) in [5, 5.41) is 3.06. The Labute approximate surface area is 108 Å². The molecule has 98 valence electrons. The first kappa shape index (κ1) is 12.7. The summed E-state index contributed by atoms with van der Waals surface area (Å²) in [7, 11) is 3.40. The smallest absolute Gasteiger partial charge is 0.321 e. The summed E-state index contributed by atoms with van der Waals surface area (Å²) in [5.41, 5.74) is 0.838. The van der Waals surface area contributed by atoms with Gasteiger partial charge in [-0.1, -0.05) is 18.9 Å². The van der Waals surface area contributed by atoms with Gasteiger partial charge in [-0.15, -0.1) is 0 Å². The molecule has 2 rings (SSSR count).